The molecule has 3 aromatic rings. The van der Waals surface area contributed by atoms with Crippen molar-refractivity contribution in [1.82, 2.24) is 4.57 Å². The average molecular weight is 434 g/mol. The number of pyridine rings is 1. The van der Waals surface area contributed by atoms with Gasteiger partial charge in [0.25, 0.3) is 5.56 Å². The summed E-state index contributed by atoms with van der Waals surface area (Å²) in [6, 6.07) is 16.9. The highest BCUT2D eigenvalue weighted by molar-refractivity contribution is 6.03. The zero-order chi connectivity index (χ0) is 23.3. The summed E-state index contributed by atoms with van der Waals surface area (Å²) in [6.07, 6.45) is -0.501. The molecular formula is C25H23FN2O4. The summed E-state index contributed by atoms with van der Waals surface area (Å²) in [5.41, 5.74) is -0.0537. The highest BCUT2D eigenvalue weighted by atomic mass is 19.1. The number of aryl methyl sites for hydroxylation is 1. The molecule has 1 heterocycles. The van der Waals surface area contributed by atoms with Crippen molar-refractivity contribution < 1.29 is 19.0 Å². The van der Waals surface area contributed by atoms with Crippen molar-refractivity contribution in [3.05, 3.63) is 93.0 Å². The van der Waals surface area contributed by atoms with E-state index in [0.717, 1.165) is 10.1 Å². The highest BCUT2D eigenvalue weighted by Gasteiger charge is 2.30. The molecule has 0 spiro atoms. The van der Waals surface area contributed by atoms with Crippen LogP contribution < -0.4 is 10.3 Å². The van der Waals surface area contributed by atoms with E-state index in [1.165, 1.54) is 25.1 Å². The van der Waals surface area contributed by atoms with Gasteiger partial charge in [-0.2, -0.15) is 5.26 Å². The molecule has 0 radical (unpaired) electrons. The number of aromatic hydroxyl groups is 1. The summed E-state index contributed by atoms with van der Waals surface area (Å²) < 4.78 is 20.7. The largest absolute Gasteiger partial charge is 0.494 e. The Morgan fingerprint density at radius 1 is 1.19 bits per heavy atom. The molecule has 3 rings (SSSR count). The minimum absolute atomic E-state index is 0.0755. The van der Waals surface area contributed by atoms with E-state index in [0.29, 0.717) is 6.42 Å². The lowest BCUT2D eigenvalue weighted by atomic mass is 9.97. The first-order chi connectivity index (χ1) is 15.4. The molecule has 0 amide bonds. The predicted octanol–water partition coefficient (Wildman–Crippen LogP) is 4.16. The topological polar surface area (TPSA) is 92.3 Å². The fourth-order valence-corrected chi connectivity index (χ4v) is 3.52. The highest BCUT2D eigenvalue weighted by Crippen LogP contribution is 2.27. The average Bonchev–Trinajstić information content (AvgIpc) is 2.79. The molecule has 1 atom stereocenters. The first-order valence-electron chi connectivity index (χ1n) is 10.2. The van der Waals surface area contributed by atoms with Crippen molar-refractivity contribution in [2.24, 2.45) is 0 Å². The van der Waals surface area contributed by atoms with Gasteiger partial charge >= 0.3 is 0 Å². The van der Waals surface area contributed by atoms with Gasteiger partial charge in [0.1, 0.15) is 11.6 Å². The lowest BCUT2D eigenvalue weighted by Gasteiger charge is -2.20. The number of ether oxygens (including phenoxy) is 1. The zero-order valence-corrected chi connectivity index (χ0v) is 17.8. The number of rotatable bonds is 8. The Morgan fingerprint density at radius 2 is 1.84 bits per heavy atom. The normalized spacial score (nSPS) is 11.6. The fourth-order valence-electron chi connectivity index (χ4n) is 3.52. The van der Waals surface area contributed by atoms with Crippen LogP contribution in [0.3, 0.4) is 0 Å². The molecule has 1 unspecified atom stereocenters. The Morgan fingerprint density at radius 3 is 2.47 bits per heavy atom. The van der Waals surface area contributed by atoms with Crippen LogP contribution in [0.25, 0.3) is 0 Å². The molecule has 6 nitrogen and oxygen atoms in total. The van der Waals surface area contributed by atoms with Gasteiger partial charge in [0.2, 0.25) is 11.7 Å². The number of Topliss-reactive ketones (excluding diaryl/α,β-unsaturated/α-hetero) is 1. The van der Waals surface area contributed by atoms with Gasteiger partial charge < -0.3 is 9.84 Å². The van der Waals surface area contributed by atoms with Crippen LogP contribution in [0.15, 0.2) is 59.4 Å². The van der Waals surface area contributed by atoms with Crippen LogP contribution in [0.5, 0.6) is 11.6 Å². The number of ketones is 1. The summed E-state index contributed by atoms with van der Waals surface area (Å²) in [6.45, 7) is 3.20. The van der Waals surface area contributed by atoms with E-state index in [-0.39, 0.29) is 35.4 Å². The second-order valence-corrected chi connectivity index (χ2v) is 7.31. The molecule has 7 heteroatoms. The number of hydrogen-bond acceptors (Lipinski definition) is 5. The first-order valence-corrected chi connectivity index (χ1v) is 10.2. The molecular weight excluding hydrogens is 411 g/mol. The summed E-state index contributed by atoms with van der Waals surface area (Å²) in [5, 5.41) is 20.4. The van der Waals surface area contributed by atoms with Crippen molar-refractivity contribution in [3.8, 4) is 17.7 Å². The molecule has 164 valence electrons. The molecule has 0 saturated heterocycles. The van der Waals surface area contributed by atoms with Gasteiger partial charge in [0.05, 0.1) is 5.56 Å². The van der Waals surface area contributed by atoms with Gasteiger partial charge in [-0.15, -0.1) is 0 Å². The SMILES string of the molecule is CCC(Oc1ccccc1F)C(=O)c1c(C)c(C#N)c(=O)n(CCc2ccccc2)c1O. The second-order valence-electron chi connectivity index (χ2n) is 7.31. The number of benzene rings is 2. The smallest absolute Gasteiger partial charge is 0.271 e. The third kappa shape index (κ3) is 4.54. The van der Waals surface area contributed by atoms with E-state index in [1.54, 1.807) is 13.0 Å². The van der Waals surface area contributed by atoms with Crippen molar-refractivity contribution in [1.29, 1.82) is 5.26 Å². The molecule has 0 aliphatic carbocycles. The molecule has 2 aromatic carbocycles. The van der Waals surface area contributed by atoms with E-state index in [9.17, 15) is 24.3 Å². The Kier molecular flexibility index (Phi) is 7.06. The van der Waals surface area contributed by atoms with Gasteiger partial charge in [-0.25, -0.2) is 4.39 Å². The number of aromatic nitrogens is 1. The van der Waals surface area contributed by atoms with Crippen molar-refractivity contribution in [2.75, 3.05) is 0 Å². The minimum atomic E-state index is -1.11. The molecule has 0 aliphatic rings. The van der Waals surface area contributed by atoms with Crippen molar-refractivity contribution >= 4 is 5.78 Å². The van der Waals surface area contributed by atoms with E-state index in [1.807, 2.05) is 36.4 Å². The third-order valence-corrected chi connectivity index (χ3v) is 5.28. The first kappa shape index (κ1) is 22.8. The Labute approximate surface area is 185 Å². The number of nitriles is 1. The van der Waals surface area contributed by atoms with Crippen molar-refractivity contribution in [2.45, 2.75) is 39.3 Å². The molecule has 0 bridgehead atoms. The molecule has 1 aromatic heterocycles. The molecule has 0 aliphatic heterocycles. The van der Waals surface area contributed by atoms with E-state index >= 15 is 0 Å². The third-order valence-electron chi connectivity index (χ3n) is 5.28. The van der Waals surface area contributed by atoms with E-state index < -0.39 is 29.1 Å². The second kappa shape index (κ2) is 9.92. The van der Waals surface area contributed by atoms with Crippen LogP contribution in [0.1, 0.15) is 40.4 Å². The van der Waals surface area contributed by atoms with Gasteiger partial charge in [-0.05, 0) is 43.0 Å². The summed E-state index contributed by atoms with van der Waals surface area (Å²) >= 11 is 0. The van der Waals surface area contributed by atoms with Gasteiger partial charge in [0.15, 0.2) is 17.7 Å². The number of carbonyl (C=O) groups is 1. The lowest BCUT2D eigenvalue weighted by Crippen LogP contribution is -2.32. The minimum Gasteiger partial charge on any atom is -0.494 e. The van der Waals surface area contributed by atoms with Crippen LogP contribution in [-0.4, -0.2) is 21.6 Å². The van der Waals surface area contributed by atoms with Crippen molar-refractivity contribution in [3.63, 3.8) is 0 Å². The number of nitrogens with zero attached hydrogens (tertiary/aromatic N) is 2. The van der Waals surface area contributed by atoms with Crippen LogP contribution in [0.2, 0.25) is 0 Å². The summed E-state index contributed by atoms with van der Waals surface area (Å²) in [4.78, 5) is 26.1. The monoisotopic (exact) mass is 434 g/mol. The Hall–Kier alpha value is -3.92. The molecule has 0 saturated carbocycles. The fraction of sp³-hybridized carbons (Fsp3) is 0.240. The quantitative estimate of drug-likeness (QED) is 0.538. The lowest BCUT2D eigenvalue weighted by molar-refractivity contribution is 0.0774. The van der Waals surface area contributed by atoms with Crippen LogP contribution >= 0.6 is 0 Å². The number of para-hydroxylation sites is 1. The standard InChI is InChI=1S/C25H23FN2O4/c1-3-20(32-21-12-8-7-11-19(21)26)23(29)22-16(2)18(15-27)24(30)28(25(22)31)14-13-17-9-5-4-6-10-17/h4-12,20,31H,3,13-14H2,1-2H3. The summed E-state index contributed by atoms with van der Waals surface area (Å²) in [7, 11) is 0. The number of halogens is 1. The van der Waals surface area contributed by atoms with Crippen LogP contribution in [-0.2, 0) is 13.0 Å². The molecule has 0 fully saturated rings. The molecule has 1 N–H and O–H groups in total. The van der Waals surface area contributed by atoms with Crippen LogP contribution in [0, 0.1) is 24.1 Å². The van der Waals surface area contributed by atoms with Crippen LogP contribution in [0.4, 0.5) is 4.39 Å². The Balaban J connectivity index is 2.02. The zero-order valence-electron chi connectivity index (χ0n) is 17.8. The number of carbonyl (C=O) groups excluding carboxylic acids is 1. The summed E-state index contributed by atoms with van der Waals surface area (Å²) in [5.74, 6) is -1.87. The Bertz CT molecular complexity index is 1230. The number of hydrogen-bond donors (Lipinski definition) is 1. The van der Waals surface area contributed by atoms with Gasteiger partial charge in [-0.3, -0.25) is 14.2 Å². The predicted molar refractivity (Wildman–Crippen MR) is 117 cm³/mol. The molecule has 32 heavy (non-hydrogen) atoms. The maximum absolute atomic E-state index is 14.0. The van der Waals surface area contributed by atoms with Gasteiger partial charge in [-0.1, -0.05) is 49.4 Å². The van der Waals surface area contributed by atoms with E-state index in [4.69, 9.17) is 4.74 Å². The maximum atomic E-state index is 14.0. The van der Waals surface area contributed by atoms with Gasteiger partial charge in [0, 0.05) is 6.54 Å². The maximum Gasteiger partial charge on any atom is 0.271 e. The van der Waals surface area contributed by atoms with E-state index in [2.05, 4.69) is 0 Å².